The maximum atomic E-state index is 6.55. The van der Waals surface area contributed by atoms with Crippen LogP contribution in [0.5, 0.6) is 5.75 Å². The highest BCUT2D eigenvalue weighted by atomic mass is 35.5. The molecular formula is C15H17ClOS. The van der Waals surface area contributed by atoms with Gasteiger partial charge in [-0.25, -0.2) is 0 Å². The van der Waals surface area contributed by atoms with E-state index in [-0.39, 0.29) is 5.38 Å². The van der Waals surface area contributed by atoms with Crippen LogP contribution in [0, 0.1) is 20.8 Å². The van der Waals surface area contributed by atoms with E-state index >= 15 is 0 Å². The second-order valence-electron chi connectivity index (χ2n) is 4.50. The highest BCUT2D eigenvalue weighted by Crippen LogP contribution is 2.36. The molecule has 3 heteroatoms. The number of hydrogen-bond donors (Lipinski definition) is 0. The minimum atomic E-state index is -0.0768. The molecule has 1 heterocycles. The summed E-state index contributed by atoms with van der Waals surface area (Å²) in [7, 11) is 1.70. The quantitative estimate of drug-likeness (QED) is 0.718. The van der Waals surface area contributed by atoms with Crippen LogP contribution >= 0.6 is 22.9 Å². The molecule has 0 aliphatic rings. The number of aryl methyl sites for hydroxylation is 3. The van der Waals surface area contributed by atoms with Crippen LogP contribution in [0.25, 0.3) is 0 Å². The lowest BCUT2D eigenvalue weighted by molar-refractivity contribution is 0.408. The number of methoxy groups -OCH3 is 1. The van der Waals surface area contributed by atoms with Gasteiger partial charge < -0.3 is 4.74 Å². The molecule has 0 bridgehead atoms. The van der Waals surface area contributed by atoms with Crippen LogP contribution in [0.15, 0.2) is 24.3 Å². The molecule has 18 heavy (non-hydrogen) atoms. The zero-order valence-electron chi connectivity index (χ0n) is 11.1. The molecule has 0 amide bonds. The van der Waals surface area contributed by atoms with E-state index in [1.54, 1.807) is 18.4 Å². The molecule has 0 aliphatic carbocycles. The summed E-state index contributed by atoms with van der Waals surface area (Å²) < 4.78 is 5.38. The Hall–Kier alpha value is -0.990. The largest absolute Gasteiger partial charge is 0.496 e. The van der Waals surface area contributed by atoms with Gasteiger partial charge in [-0.1, -0.05) is 12.1 Å². The molecule has 0 saturated carbocycles. The summed E-state index contributed by atoms with van der Waals surface area (Å²) in [4.78, 5) is 2.48. The molecule has 2 rings (SSSR count). The summed E-state index contributed by atoms with van der Waals surface area (Å²) in [5.74, 6) is 0.949. The molecule has 0 aliphatic heterocycles. The summed E-state index contributed by atoms with van der Waals surface area (Å²) in [6, 6.07) is 8.43. The van der Waals surface area contributed by atoms with E-state index in [4.69, 9.17) is 16.3 Å². The Bertz CT molecular complexity index is 536. The van der Waals surface area contributed by atoms with Gasteiger partial charge in [0, 0.05) is 9.75 Å². The Balaban J connectivity index is 2.40. The van der Waals surface area contributed by atoms with Gasteiger partial charge in [-0.3, -0.25) is 0 Å². The molecule has 2 aromatic rings. The van der Waals surface area contributed by atoms with Crippen molar-refractivity contribution in [3.63, 3.8) is 0 Å². The summed E-state index contributed by atoms with van der Waals surface area (Å²) in [6.45, 7) is 6.21. The first-order valence-corrected chi connectivity index (χ1v) is 7.13. The van der Waals surface area contributed by atoms with Crippen molar-refractivity contribution in [1.82, 2.24) is 0 Å². The zero-order valence-corrected chi connectivity index (χ0v) is 12.7. The van der Waals surface area contributed by atoms with Crippen LogP contribution in [0.4, 0.5) is 0 Å². The van der Waals surface area contributed by atoms with Crippen molar-refractivity contribution in [2.45, 2.75) is 26.1 Å². The Morgan fingerprint density at radius 1 is 1.11 bits per heavy atom. The van der Waals surface area contributed by atoms with Crippen LogP contribution in [0.2, 0.25) is 0 Å². The maximum Gasteiger partial charge on any atom is 0.124 e. The van der Waals surface area contributed by atoms with Crippen LogP contribution in [0.3, 0.4) is 0 Å². The lowest BCUT2D eigenvalue weighted by Crippen LogP contribution is -1.96. The molecule has 1 aromatic carbocycles. The Morgan fingerprint density at radius 3 is 2.17 bits per heavy atom. The second-order valence-corrected chi connectivity index (χ2v) is 6.25. The van der Waals surface area contributed by atoms with Gasteiger partial charge in [0.15, 0.2) is 0 Å². The first-order chi connectivity index (χ1) is 8.52. The molecule has 1 aromatic heterocycles. The molecule has 0 spiro atoms. The van der Waals surface area contributed by atoms with Crippen LogP contribution < -0.4 is 4.74 Å². The smallest absolute Gasteiger partial charge is 0.124 e. The number of benzene rings is 1. The van der Waals surface area contributed by atoms with Crippen molar-refractivity contribution in [2.24, 2.45) is 0 Å². The average Bonchev–Trinajstić information content (AvgIpc) is 2.74. The molecular weight excluding hydrogens is 264 g/mol. The Labute approximate surface area is 117 Å². The molecule has 0 fully saturated rings. The van der Waals surface area contributed by atoms with Gasteiger partial charge in [0.25, 0.3) is 0 Å². The van der Waals surface area contributed by atoms with Crippen molar-refractivity contribution in [3.05, 3.63) is 50.7 Å². The SMILES string of the molecule is COc1c(C)cc(C(Cl)c2ccc(C)s2)cc1C. The number of ether oxygens (including phenoxy) is 1. The number of thiophene rings is 1. The van der Waals surface area contributed by atoms with Gasteiger partial charge in [0.1, 0.15) is 5.75 Å². The van der Waals surface area contributed by atoms with E-state index in [0.717, 1.165) is 22.4 Å². The van der Waals surface area contributed by atoms with Crippen molar-refractivity contribution in [2.75, 3.05) is 7.11 Å². The van der Waals surface area contributed by atoms with Crippen molar-refractivity contribution < 1.29 is 4.74 Å². The molecule has 0 N–H and O–H groups in total. The topological polar surface area (TPSA) is 9.23 Å². The minimum Gasteiger partial charge on any atom is -0.496 e. The predicted molar refractivity (Wildman–Crippen MR) is 79.2 cm³/mol. The number of halogens is 1. The second kappa shape index (κ2) is 5.33. The lowest BCUT2D eigenvalue weighted by Gasteiger charge is -2.14. The monoisotopic (exact) mass is 280 g/mol. The summed E-state index contributed by atoms with van der Waals surface area (Å²) in [6.07, 6.45) is 0. The average molecular weight is 281 g/mol. The normalized spacial score (nSPS) is 12.5. The van der Waals surface area contributed by atoms with Gasteiger partial charge in [0.2, 0.25) is 0 Å². The van der Waals surface area contributed by atoms with E-state index in [1.807, 2.05) is 0 Å². The fraction of sp³-hybridized carbons (Fsp3) is 0.333. The van der Waals surface area contributed by atoms with Crippen molar-refractivity contribution in [1.29, 1.82) is 0 Å². The van der Waals surface area contributed by atoms with E-state index in [9.17, 15) is 0 Å². The molecule has 96 valence electrons. The Morgan fingerprint density at radius 2 is 1.72 bits per heavy atom. The fourth-order valence-electron chi connectivity index (χ4n) is 2.21. The van der Waals surface area contributed by atoms with E-state index in [0.29, 0.717) is 0 Å². The first kappa shape index (κ1) is 13.4. The standard InChI is InChI=1S/C15H17ClOS/c1-9-7-12(8-10(2)15(9)17-4)14(16)13-6-5-11(3)18-13/h5-8,14H,1-4H3. The van der Waals surface area contributed by atoms with Crippen LogP contribution in [0.1, 0.15) is 31.8 Å². The summed E-state index contributed by atoms with van der Waals surface area (Å²) in [5.41, 5.74) is 3.40. The number of rotatable bonds is 3. The maximum absolute atomic E-state index is 6.55. The van der Waals surface area contributed by atoms with Gasteiger partial charge in [-0.05, 0) is 49.6 Å². The third kappa shape index (κ3) is 2.55. The predicted octanol–water partition coefficient (Wildman–Crippen LogP) is 5.01. The Kier molecular flexibility index (Phi) is 3.98. The molecule has 0 saturated heterocycles. The van der Waals surface area contributed by atoms with Gasteiger partial charge in [-0.15, -0.1) is 22.9 Å². The minimum absolute atomic E-state index is 0.0768. The first-order valence-electron chi connectivity index (χ1n) is 5.88. The molecule has 0 radical (unpaired) electrons. The molecule has 1 nitrogen and oxygen atoms in total. The number of hydrogen-bond acceptors (Lipinski definition) is 2. The summed E-state index contributed by atoms with van der Waals surface area (Å²) >= 11 is 8.30. The molecule has 1 atom stereocenters. The zero-order chi connectivity index (χ0) is 13.3. The van der Waals surface area contributed by atoms with Crippen LogP contribution in [-0.4, -0.2) is 7.11 Å². The summed E-state index contributed by atoms with van der Waals surface area (Å²) in [5, 5.41) is -0.0768. The van der Waals surface area contributed by atoms with E-state index in [2.05, 4.69) is 45.0 Å². The van der Waals surface area contributed by atoms with E-state index < -0.39 is 0 Å². The van der Waals surface area contributed by atoms with E-state index in [1.165, 1.54) is 9.75 Å². The highest BCUT2D eigenvalue weighted by molar-refractivity contribution is 7.12. The fourth-order valence-corrected chi connectivity index (χ4v) is 3.42. The lowest BCUT2D eigenvalue weighted by atomic mass is 10.0. The van der Waals surface area contributed by atoms with Gasteiger partial charge in [0.05, 0.1) is 12.5 Å². The third-order valence-corrected chi connectivity index (χ3v) is 4.67. The highest BCUT2D eigenvalue weighted by Gasteiger charge is 2.15. The number of alkyl halides is 1. The van der Waals surface area contributed by atoms with Crippen LogP contribution in [-0.2, 0) is 0 Å². The van der Waals surface area contributed by atoms with Gasteiger partial charge >= 0.3 is 0 Å². The van der Waals surface area contributed by atoms with Crippen molar-refractivity contribution in [3.8, 4) is 5.75 Å². The third-order valence-electron chi connectivity index (χ3n) is 2.99. The van der Waals surface area contributed by atoms with Crippen molar-refractivity contribution >= 4 is 22.9 Å². The molecule has 1 unspecified atom stereocenters. The van der Waals surface area contributed by atoms with Gasteiger partial charge in [-0.2, -0.15) is 0 Å².